The van der Waals surface area contributed by atoms with E-state index in [1.165, 1.54) is 29.6 Å². The lowest BCUT2D eigenvalue weighted by atomic mass is 10.2. The van der Waals surface area contributed by atoms with Crippen molar-refractivity contribution in [2.24, 2.45) is 5.92 Å². The summed E-state index contributed by atoms with van der Waals surface area (Å²) in [6, 6.07) is 6.50. The summed E-state index contributed by atoms with van der Waals surface area (Å²) in [5.74, 6) is 0.952. The Balaban J connectivity index is 1.75. The molecule has 1 aromatic carbocycles. The van der Waals surface area contributed by atoms with Crippen LogP contribution in [0.4, 0.5) is 5.13 Å². The van der Waals surface area contributed by atoms with Gasteiger partial charge in [-0.15, -0.1) is 0 Å². The molecule has 3 nitrogen and oxygen atoms in total. The Hall–Kier alpha value is -1.13. The van der Waals surface area contributed by atoms with Gasteiger partial charge < -0.3 is 5.73 Å². The Labute approximate surface area is 112 Å². The van der Waals surface area contributed by atoms with Gasteiger partial charge >= 0.3 is 0 Å². The van der Waals surface area contributed by atoms with Crippen LogP contribution >= 0.6 is 11.3 Å². The van der Waals surface area contributed by atoms with Crippen molar-refractivity contribution in [1.82, 2.24) is 9.88 Å². The third kappa shape index (κ3) is 2.65. The van der Waals surface area contributed by atoms with Gasteiger partial charge in [-0.05, 0) is 43.0 Å². The number of rotatable bonds is 5. The molecule has 0 bridgehead atoms. The van der Waals surface area contributed by atoms with Crippen LogP contribution in [-0.4, -0.2) is 23.0 Å². The van der Waals surface area contributed by atoms with Gasteiger partial charge in [0.2, 0.25) is 0 Å². The number of nitrogens with zero attached hydrogens (tertiary/aromatic N) is 2. The minimum absolute atomic E-state index is 0.660. The smallest absolute Gasteiger partial charge is 0.181 e. The van der Waals surface area contributed by atoms with E-state index in [0.717, 1.165) is 24.5 Å². The van der Waals surface area contributed by atoms with E-state index in [1.807, 2.05) is 0 Å². The second-order valence-corrected chi connectivity index (χ2v) is 6.19. The summed E-state index contributed by atoms with van der Waals surface area (Å²) in [6.07, 6.45) is 2.84. The Morgan fingerprint density at radius 2 is 2.28 bits per heavy atom. The van der Waals surface area contributed by atoms with Gasteiger partial charge in [0.1, 0.15) is 0 Å². The normalized spacial score (nSPS) is 15.7. The van der Waals surface area contributed by atoms with Gasteiger partial charge in [0.15, 0.2) is 5.13 Å². The van der Waals surface area contributed by atoms with Crippen molar-refractivity contribution in [2.75, 3.05) is 18.8 Å². The molecular formula is C14H19N3S. The summed E-state index contributed by atoms with van der Waals surface area (Å²) < 4.78 is 1.20. The van der Waals surface area contributed by atoms with Crippen molar-refractivity contribution in [2.45, 2.75) is 26.3 Å². The van der Waals surface area contributed by atoms with Crippen molar-refractivity contribution in [1.29, 1.82) is 0 Å². The highest BCUT2D eigenvalue weighted by atomic mass is 32.1. The summed E-state index contributed by atoms with van der Waals surface area (Å²) in [4.78, 5) is 6.83. The van der Waals surface area contributed by atoms with E-state index < -0.39 is 0 Å². The number of hydrogen-bond acceptors (Lipinski definition) is 4. The maximum Gasteiger partial charge on any atom is 0.181 e. The summed E-state index contributed by atoms with van der Waals surface area (Å²) in [5, 5.41) is 0.660. The van der Waals surface area contributed by atoms with Gasteiger partial charge in [-0.1, -0.05) is 24.3 Å². The molecule has 1 heterocycles. The average molecular weight is 261 g/mol. The predicted molar refractivity (Wildman–Crippen MR) is 77.7 cm³/mol. The lowest BCUT2D eigenvalue weighted by Crippen LogP contribution is -2.25. The molecule has 1 saturated carbocycles. The Bertz CT molecular complexity index is 545. The molecule has 1 aliphatic carbocycles. The third-order valence-corrected chi connectivity index (χ3v) is 4.38. The van der Waals surface area contributed by atoms with Gasteiger partial charge in [-0.3, -0.25) is 4.90 Å². The van der Waals surface area contributed by atoms with Crippen LogP contribution in [0.25, 0.3) is 10.2 Å². The van der Waals surface area contributed by atoms with Crippen molar-refractivity contribution >= 4 is 26.7 Å². The first kappa shape index (κ1) is 11.9. The SMILES string of the molecule is CCN(Cc1ccc2nc(N)sc2c1)CC1CC1. The zero-order valence-corrected chi connectivity index (χ0v) is 11.5. The zero-order chi connectivity index (χ0) is 12.5. The molecule has 4 heteroatoms. The van der Waals surface area contributed by atoms with Crippen LogP contribution in [0.3, 0.4) is 0 Å². The Morgan fingerprint density at radius 1 is 1.44 bits per heavy atom. The molecule has 1 aromatic heterocycles. The summed E-state index contributed by atoms with van der Waals surface area (Å²) >= 11 is 1.58. The van der Waals surface area contributed by atoms with Gasteiger partial charge in [0, 0.05) is 13.1 Å². The maximum absolute atomic E-state index is 5.74. The van der Waals surface area contributed by atoms with Crippen LogP contribution in [0.1, 0.15) is 25.3 Å². The third-order valence-electron chi connectivity index (χ3n) is 3.54. The fourth-order valence-corrected chi connectivity index (χ4v) is 3.11. The molecule has 2 aromatic rings. The number of nitrogen functional groups attached to an aromatic ring is 1. The molecule has 0 spiro atoms. The van der Waals surface area contributed by atoms with Crippen molar-refractivity contribution in [3.63, 3.8) is 0 Å². The van der Waals surface area contributed by atoms with Crippen LogP contribution in [0, 0.1) is 5.92 Å². The number of thiazole rings is 1. The van der Waals surface area contributed by atoms with Gasteiger partial charge in [0.25, 0.3) is 0 Å². The van der Waals surface area contributed by atoms with Crippen molar-refractivity contribution < 1.29 is 0 Å². The minimum Gasteiger partial charge on any atom is -0.375 e. The molecule has 2 N–H and O–H groups in total. The number of fused-ring (bicyclic) bond motifs is 1. The molecule has 0 amide bonds. The largest absolute Gasteiger partial charge is 0.375 e. The highest BCUT2D eigenvalue weighted by molar-refractivity contribution is 7.22. The monoisotopic (exact) mass is 261 g/mol. The van der Waals surface area contributed by atoms with E-state index in [9.17, 15) is 0 Å². The minimum atomic E-state index is 0.660. The lowest BCUT2D eigenvalue weighted by molar-refractivity contribution is 0.268. The molecule has 0 atom stereocenters. The van der Waals surface area contributed by atoms with Crippen LogP contribution in [0.15, 0.2) is 18.2 Å². The molecule has 0 aliphatic heterocycles. The molecular weight excluding hydrogens is 242 g/mol. The molecule has 0 radical (unpaired) electrons. The second kappa shape index (κ2) is 4.86. The summed E-state index contributed by atoms with van der Waals surface area (Å²) in [6.45, 7) is 5.66. The molecule has 96 valence electrons. The fourth-order valence-electron chi connectivity index (χ4n) is 2.31. The van der Waals surface area contributed by atoms with E-state index in [4.69, 9.17) is 5.73 Å². The van der Waals surface area contributed by atoms with Crippen molar-refractivity contribution in [3.05, 3.63) is 23.8 Å². The zero-order valence-electron chi connectivity index (χ0n) is 10.7. The van der Waals surface area contributed by atoms with E-state index in [-0.39, 0.29) is 0 Å². The first-order chi connectivity index (χ1) is 8.74. The van der Waals surface area contributed by atoms with E-state index in [0.29, 0.717) is 5.13 Å². The first-order valence-corrected chi connectivity index (χ1v) is 7.43. The molecule has 3 rings (SSSR count). The topological polar surface area (TPSA) is 42.2 Å². The van der Waals surface area contributed by atoms with Crippen LogP contribution in [-0.2, 0) is 6.54 Å². The van der Waals surface area contributed by atoms with Gasteiger partial charge in [0.05, 0.1) is 10.2 Å². The molecule has 18 heavy (non-hydrogen) atoms. The number of anilines is 1. The predicted octanol–water partition coefficient (Wildman–Crippen LogP) is 3.11. The van der Waals surface area contributed by atoms with Crippen LogP contribution < -0.4 is 5.73 Å². The summed E-state index contributed by atoms with van der Waals surface area (Å²) in [7, 11) is 0. The first-order valence-electron chi connectivity index (χ1n) is 6.62. The second-order valence-electron chi connectivity index (χ2n) is 5.13. The molecule has 1 fully saturated rings. The van der Waals surface area contributed by atoms with Gasteiger partial charge in [-0.2, -0.15) is 0 Å². The maximum atomic E-state index is 5.74. The van der Waals surface area contributed by atoms with E-state index in [1.54, 1.807) is 11.3 Å². The van der Waals surface area contributed by atoms with Gasteiger partial charge in [-0.25, -0.2) is 4.98 Å². The fraction of sp³-hybridized carbons (Fsp3) is 0.500. The Kier molecular flexibility index (Phi) is 3.22. The number of aromatic nitrogens is 1. The molecule has 0 unspecified atom stereocenters. The van der Waals surface area contributed by atoms with E-state index in [2.05, 4.69) is 35.0 Å². The molecule has 0 saturated heterocycles. The van der Waals surface area contributed by atoms with Crippen molar-refractivity contribution in [3.8, 4) is 0 Å². The van der Waals surface area contributed by atoms with E-state index >= 15 is 0 Å². The lowest BCUT2D eigenvalue weighted by Gasteiger charge is -2.20. The van der Waals surface area contributed by atoms with Crippen LogP contribution in [0.5, 0.6) is 0 Å². The average Bonchev–Trinajstić information content (AvgIpc) is 3.08. The number of benzene rings is 1. The Morgan fingerprint density at radius 3 is 3.00 bits per heavy atom. The van der Waals surface area contributed by atoms with Crippen LogP contribution in [0.2, 0.25) is 0 Å². The quantitative estimate of drug-likeness (QED) is 0.899. The summed E-state index contributed by atoms with van der Waals surface area (Å²) in [5.41, 5.74) is 8.13. The highest BCUT2D eigenvalue weighted by Crippen LogP contribution is 2.30. The standard InChI is InChI=1S/C14H19N3S/c1-2-17(8-10-3-4-10)9-11-5-6-12-13(7-11)18-14(15)16-12/h5-7,10H,2-4,8-9H2,1H3,(H2,15,16). The molecule has 1 aliphatic rings. The number of nitrogens with two attached hydrogens (primary N) is 1. The number of hydrogen-bond donors (Lipinski definition) is 1. The highest BCUT2D eigenvalue weighted by Gasteiger charge is 2.23.